The predicted octanol–water partition coefficient (Wildman–Crippen LogP) is 3.19. The van der Waals surface area contributed by atoms with Crippen molar-refractivity contribution in [3.63, 3.8) is 0 Å². The van der Waals surface area contributed by atoms with Gasteiger partial charge in [0.2, 0.25) is 5.91 Å². The quantitative estimate of drug-likeness (QED) is 0.780. The number of carbonyl (C=O) groups is 2. The van der Waals surface area contributed by atoms with Crippen molar-refractivity contribution >= 4 is 40.7 Å². The van der Waals surface area contributed by atoms with Crippen molar-refractivity contribution in [3.8, 4) is 0 Å². The van der Waals surface area contributed by atoms with Gasteiger partial charge >= 0.3 is 0 Å². The summed E-state index contributed by atoms with van der Waals surface area (Å²) >= 11 is 12.7. The number of nitrogens with zero attached hydrogens (tertiary/aromatic N) is 2. The molecule has 0 aromatic heterocycles. The van der Waals surface area contributed by atoms with Gasteiger partial charge in [0.25, 0.3) is 5.91 Å². The molecule has 2 heterocycles. The molecule has 1 saturated heterocycles. The Morgan fingerprint density at radius 3 is 2.56 bits per heavy atom. The number of rotatable bonds is 2. The molecule has 4 rings (SSSR count). The first kappa shape index (κ1) is 18.4. The standard InChI is InChI=1S/C20H18Cl2N2O3/c1-23-9-14(13-6-11(21)7-16(22)15(13)10-23)12-4-2-3-5-17(12)24-19(26)8-18(25)20(24)27/h2-7,14,18,25H,8-10H2,1H3/t14-,18-/m0/s1. The van der Waals surface area contributed by atoms with Gasteiger partial charge in [0, 0.05) is 29.1 Å². The van der Waals surface area contributed by atoms with Crippen molar-refractivity contribution in [2.75, 3.05) is 18.5 Å². The molecule has 2 aliphatic rings. The van der Waals surface area contributed by atoms with Crippen molar-refractivity contribution < 1.29 is 14.7 Å². The minimum absolute atomic E-state index is 0.107. The van der Waals surface area contributed by atoms with Gasteiger partial charge in [0.15, 0.2) is 0 Å². The molecule has 0 bridgehead atoms. The summed E-state index contributed by atoms with van der Waals surface area (Å²) in [4.78, 5) is 28.0. The maximum atomic E-state index is 12.4. The topological polar surface area (TPSA) is 60.9 Å². The van der Waals surface area contributed by atoms with E-state index in [4.69, 9.17) is 23.2 Å². The molecule has 2 aliphatic heterocycles. The minimum Gasteiger partial charge on any atom is -0.383 e. The summed E-state index contributed by atoms with van der Waals surface area (Å²) in [7, 11) is 2.00. The van der Waals surface area contributed by atoms with Crippen LogP contribution in [0.25, 0.3) is 0 Å². The molecule has 5 nitrogen and oxygen atoms in total. The smallest absolute Gasteiger partial charge is 0.263 e. The van der Waals surface area contributed by atoms with Crippen LogP contribution < -0.4 is 4.90 Å². The SMILES string of the molecule is CN1Cc2c(Cl)cc(Cl)cc2[C@H](c2ccccc2N2C(=O)C[C@H](O)C2=O)C1. The highest BCUT2D eigenvalue weighted by molar-refractivity contribution is 6.35. The fourth-order valence-electron chi connectivity index (χ4n) is 3.97. The predicted molar refractivity (Wildman–Crippen MR) is 104 cm³/mol. The Morgan fingerprint density at radius 2 is 1.85 bits per heavy atom. The molecule has 140 valence electrons. The van der Waals surface area contributed by atoms with E-state index in [0.717, 1.165) is 21.6 Å². The van der Waals surface area contributed by atoms with Crippen LogP contribution in [0.1, 0.15) is 29.0 Å². The lowest BCUT2D eigenvalue weighted by atomic mass is 9.83. The number of para-hydroxylation sites is 1. The van der Waals surface area contributed by atoms with E-state index in [1.165, 1.54) is 0 Å². The summed E-state index contributed by atoms with van der Waals surface area (Å²) in [5.41, 5.74) is 3.33. The molecule has 0 spiro atoms. The highest BCUT2D eigenvalue weighted by Crippen LogP contribution is 2.42. The van der Waals surface area contributed by atoms with Gasteiger partial charge in [-0.15, -0.1) is 0 Å². The zero-order chi connectivity index (χ0) is 19.3. The fraction of sp³-hybridized carbons (Fsp3) is 0.300. The van der Waals surface area contributed by atoms with E-state index in [1.807, 2.05) is 25.2 Å². The maximum absolute atomic E-state index is 12.4. The van der Waals surface area contributed by atoms with Gasteiger partial charge in [-0.1, -0.05) is 41.4 Å². The average Bonchev–Trinajstić information content (AvgIpc) is 2.87. The van der Waals surface area contributed by atoms with Crippen LogP contribution in [0.15, 0.2) is 36.4 Å². The highest BCUT2D eigenvalue weighted by Gasteiger charge is 2.40. The van der Waals surface area contributed by atoms with Crippen molar-refractivity contribution in [2.45, 2.75) is 25.0 Å². The molecule has 7 heteroatoms. The maximum Gasteiger partial charge on any atom is 0.263 e. The van der Waals surface area contributed by atoms with Crippen molar-refractivity contribution in [1.29, 1.82) is 0 Å². The summed E-state index contributed by atoms with van der Waals surface area (Å²) in [6.45, 7) is 1.39. The third-order valence-electron chi connectivity index (χ3n) is 5.17. The number of hydrogen-bond donors (Lipinski definition) is 1. The average molecular weight is 405 g/mol. The van der Waals surface area contributed by atoms with Gasteiger partial charge in [0.05, 0.1) is 12.1 Å². The first-order chi connectivity index (χ1) is 12.9. The number of hydrogen-bond acceptors (Lipinski definition) is 4. The number of imide groups is 1. The molecular formula is C20H18Cl2N2O3. The minimum atomic E-state index is -1.28. The van der Waals surface area contributed by atoms with E-state index in [-0.39, 0.29) is 12.3 Å². The second kappa shape index (κ2) is 6.91. The molecule has 0 saturated carbocycles. The molecule has 1 N–H and O–H groups in total. The Morgan fingerprint density at radius 1 is 1.11 bits per heavy atom. The number of halogens is 2. The van der Waals surface area contributed by atoms with Crippen LogP contribution in [0.3, 0.4) is 0 Å². The summed E-state index contributed by atoms with van der Waals surface area (Å²) in [6, 6.07) is 10.9. The van der Waals surface area contributed by atoms with Gasteiger partial charge in [-0.3, -0.25) is 9.59 Å². The summed E-state index contributed by atoms with van der Waals surface area (Å²) < 4.78 is 0. The highest BCUT2D eigenvalue weighted by atomic mass is 35.5. The molecule has 2 aromatic carbocycles. The molecule has 0 aliphatic carbocycles. The van der Waals surface area contributed by atoms with Crippen LogP contribution in [0.2, 0.25) is 10.0 Å². The van der Waals surface area contributed by atoms with Gasteiger partial charge in [0.1, 0.15) is 6.10 Å². The largest absolute Gasteiger partial charge is 0.383 e. The Hall–Kier alpha value is -1.92. The van der Waals surface area contributed by atoms with E-state index in [1.54, 1.807) is 18.2 Å². The first-order valence-corrected chi connectivity index (χ1v) is 9.42. The van der Waals surface area contributed by atoms with Crippen LogP contribution in [0.5, 0.6) is 0 Å². The van der Waals surface area contributed by atoms with Crippen molar-refractivity contribution in [2.24, 2.45) is 0 Å². The van der Waals surface area contributed by atoms with Gasteiger partial charge in [-0.2, -0.15) is 0 Å². The van der Waals surface area contributed by atoms with E-state index >= 15 is 0 Å². The van der Waals surface area contributed by atoms with Crippen LogP contribution >= 0.6 is 23.2 Å². The molecule has 27 heavy (non-hydrogen) atoms. The van der Waals surface area contributed by atoms with Crippen molar-refractivity contribution in [1.82, 2.24) is 4.90 Å². The number of aliphatic hydroxyl groups is 1. The summed E-state index contributed by atoms with van der Waals surface area (Å²) in [5, 5.41) is 11.0. The molecule has 2 atom stereocenters. The van der Waals surface area contributed by atoms with E-state index in [2.05, 4.69) is 4.90 Å². The third kappa shape index (κ3) is 3.15. The van der Waals surface area contributed by atoms with E-state index < -0.39 is 17.9 Å². The van der Waals surface area contributed by atoms with E-state index in [9.17, 15) is 14.7 Å². The Bertz CT molecular complexity index is 947. The zero-order valence-electron chi connectivity index (χ0n) is 14.7. The van der Waals surface area contributed by atoms with Gasteiger partial charge < -0.3 is 10.0 Å². The number of likely N-dealkylation sites (N-methyl/N-ethyl adjacent to an activating group) is 1. The van der Waals surface area contributed by atoms with Gasteiger partial charge in [-0.25, -0.2) is 4.90 Å². The molecule has 0 unspecified atom stereocenters. The first-order valence-electron chi connectivity index (χ1n) is 8.67. The Labute approximate surface area is 167 Å². The number of aliphatic hydroxyl groups excluding tert-OH is 1. The van der Waals surface area contributed by atoms with Crippen LogP contribution in [-0.4, -0.2) is 41.5 Å². The second-order valence-electron chi connectivity index (χ2n) is 7.05. The van der Waals surface area contributed by atoms with Crippen LogP contribution in [-0.2, 0) is 16.1 Å². The Balaban J connectivity index is 1.87. The zero-order valence-corrected chi connectivity index (χ0v) is 16.2. The Kier molecular flexibility index (Phi) is 4.72. The molecular weight excluding hydrogens is 387 g/mol. The molecule has 0 radical (unpaired) electrons. The summed E-state index contributed by atoms with van der Waals surface area (Å²) in [6.07, 6.45) is -1.47. The lowest BCUT2D eigenvalue weighted by Gasteiger charge is -2.35. The monoisotopic (exact) mass is 404 g/mol. The number of fused-ring (bicyclic) bond motifs is 1. The fourth-order valence-corrected chi connectivity index (χ4v) is 4.54. The third-order valence-corrected chi connectivity index (χ3v) is 5.72. The van der Waals surface area contributed by atoms with Crippen LogP contribution in [0, 0.1) is 0 Å². The van der Waals surface area contributed by atoms with Gasteiger partial charge in [-0.05, 0) is 41.9 Å². The second-order valence-corrected chi connectivity index (χ2v) is 7.89. The number of carbonyl (C=O) groups excluding carboxylic acids is 2. The normalized spacial score (nSPS) is 23.0. The lowest BCUT2D eigenvalue weighted by molar-refractivity contribution is -0.124. The lowest BCUT2D eigenvalue weighted by Crippen LogP contribution is -2.35. The molecule has 2 aromatic rings. The molecule has 1 fully saturated rings. The summed E-state index contributed by atoms with van der Waals surface area (Å²) in [5.74, 6) is -1.08. The van der Waals surface area contributed by atoms with Crippen LogP contribution in [0.4, 0.5) is 5.69 Å². The van der Waals surface area contributed by atoms with E-state index in [0.29, 0.717) is 28.8 Å². The number of anilines is 1. The number of amides is 2. The van der Waals surface area contributed by atoms with Crippen molar-refractivity contribution in [3.05, 3.63) is 63.1 Å². The number of benzene rings is 2. The molecule has 2 amide bonds.